The molecular formula is C20H27FN4O4. The highest BCUT2D eigenvalue weighted by molar-refractivity contribution is 6.09. The molecule has 0 aliphatic rings. The number of anilines is 2. The lowest BCUT2D eigenvalue weighted by Gasteiger charge is -2.27. The van der Waals surface area contributed by atoms with Gasteiger partial charge in [0.1, 0.15) is 17.4 Å². The number of hydrogen-bond donors (Lipinski definition) is 2. The zero-order chi connectivity index (χ0) is 21.9. The smallest absolute Gasteiger partial charge is 0.330 e. The van der Waals surface area contributed by atoms with Gasteiger partial charge in [-0.3, -0.25) is 19.1 Å². The summed E-state index contributed by atoms with van der Waals surface area (Å²) in [5, 5.41) is 0. The zero-order valence-corrected chi connectivity index (χ0v) is 17.3. The number of amides is 1. The van der Waals surface area contributed by atoms with E-state index in [1.807, 2.05) is 27.7 Å². The molecule has 0 aliphatic carbocycles. The van der Waals surface area contributed by atoms with Gasteiger partial charge in [-0.2, -0.15) is 0 Å². The Morgan fingerprint density at radius 2 is 1.90 bits per heavy atom. The highest BCUT2D eigenvalue weighted by Gasteiger charge is 2.28. The quantitative estimate of drug-likeness (QED) is 0.733. The van der Waals surface area contributed by atoms with Crippen molar-refractivity contribution in [1.29, 1.82) is 0 Å². The van der Waals surface area contributed by atoms with Crippen LogP contribution in [0.4, 0.5) is 15.9 Å². The van der Waals surface area contributed by atoms with E-state index in [0.717, 1.165) is 6.07 Å². The molecule has 0 fully saturated rings. The standard InChI is InChI=1S/C20H27FN4O4/c1-11(2)9-24(19(27)14-8-13(21)6-7-15(14)29-5)16-17(22)25(10-12(3)4)20(28)23-18(16)26/h6-8,11-12H,9-10,22H2,1-5H3,(H,23,26,28). The number of nitrogens with one attached hydrogen (secondary N) is 1. The van der Waals surface area contributed by atoms with E-state index in [1.165, 1.54) is 28.7 Å². The van der Waals surface area contributed by atoms with Crippen molar-refractivity contribution in [1.82, 2.24) is 9.55 Å². The first-order valence-corrected chi connectivity index (χ1v) is 9.34. The molecular weight excluding hydrogens is 379 g/mol. The molecule has 0 radical (unpaired) electrons. The van der Waals surface area contributed by atoms with Crippen LogP contribution in [-0.4, -0.2) is 29.1 Å². The van der Waals surface area contributed by atoms with Crippen molar-refractivity contribution in [2.45, 2.75) is 34.2 Å². The van der Waals surface area contributed by atoms with Gasteiger partial charge in [0.15, 0.2) is 5.69 Å². The van der Waals surface area contributed by atoms with Crippen LogP contribution in [0.3, 0.4) is 0 Å². The summed E-state index contributed by atoms with van der Waals surface area (Å²) in [5.41, 5.74) is 4.55. The van der Waals surface area contributed by atoms with Crippen molar-refractivity contribution in [3.63, 3.8) is 0 Å². The number of halogens is 1. The molecule has 0 atom stereocenters. The number of nitrogen functional groups attached to an aromatic ring is 1. The van der Waals surface area contributed by atoms with Crippen molar-refractivity contribution in [2.24, 2.45) is 11.8 Å². The second kappa shape index (κ2) is 8.93. The maximum absolute atomic E-state index is 13.8. The van der Waals surface area contributed by atoms with Gasteiger partial charge in [-0.05, 0) is 30.0 Å². The first kappa shape index (κ1) is 22.2. The Morgan fingerprint density at radius 1 is 1.24 bits per heavy atom. The third kappa shape index (κ3) is 4.85. The Bertz CT molecular complexity index is 1010. The normalized spacial score (nSPS) is 11.2. The van der Waals surface area contributed by atoms with Crippen LogP contribution in [0, 0.1) is 17.7 Å². The second-order valence-electron chi connectivity index (χ2n) is 7.65. The molecule has 2 aromatic rings. The molecule has 2 rings (SSSR count). The number of ether oxygens (including phenoxy) is 1. The van der Waals surface area contributed by atoms with Gasteiger partial charge in [0, 0.05) is 13.1 Å². The van der Waals surface area contributed by atoms with Crippen LogP contribution >= 0.6 is 0 Å². The maximum Gasteiger partial charge on any atom is 0.330 e. The van der Waals surface area contributed by atoms with E-state index in [4.69, 9.17) is 10.5 Å². The number of H-pyrrole nitrogens is 1. The lowest BCUT2D eigenvalue weighted by molar-refractivity contribution is 0.0980. The van der Waals surface area contributed by atoms with Crippen molar-refractivity contribution in [3.05, 3.63) is 50.4 Å². The molecule has 0 unspecified atom stereocenters. The van der Waals surface area contributed by atoms with Gasteiger partial charge in [-0.15, -0.1) is 0 Å². The van der Waals surface area contributed by atoms with Crippen molar-refractivity contribution < 1.29 is 13.9 Å². The summed E-state index contributed by atoms with van der Waals surface area (Å²) < 4.78 is 20.2. The summed E-state index contributed by atoms with van der Waals surface area (Å²) in [6, 6.07) is 3.55. The number of carbonyl (C=O) groups excluding carboxylic acids is 1. The number of methoxy groups -OCH3 is 1. The predicted octanol–water partition coefficient (Wildman–Crippen LogP) is 2.23. The second-order valence-corrected chi connectivity index (χ2v) is 7.65. The third-order valence-electron chi connectivity index (χ3n) is 4.22. The first-order valence-electron chi connectivity index (χ1n) is 9.34. The molecule has 1 amide bonds. The van der Waals surface area contributed by atoms with Crippen LogP contribution in [0.1, 0.15) is 38.1 Å². The van der Waals surface area contributed by atoms with Gasteiger partial charge in [0.25, 0.3) is 11.5 Å². The number of hydrogen-bond acceptors (Lipinski definition) is 5. The minimum Gasteiger partial charge on any atom is -0.496 e. The summed E-state index contributed by atoms with van der Waals surface area (Å²) in [6.45, 7) is 7.90. The van der Waals surface area contributed by atoms with E-state index >= 15 is 0 Å². The highest BCUT2D eigenvalue weighted by Crippen LogP contribution is 2.26. The van der Waals surface area contributed by atoms with Crippen molar-refractivity contribution >= 4 is 17.4 Å². The number of nitrogens with zero attached hydrogens (tertiary/aromatic N) is 2. The van der Waals surface area contributed by atoms with Crippen LogP contribution < -0.4 is 26.6 Å². The van der Waals surface area contributed by atoms with Gasteiger partial charge in [-0.1, -0.05) is 27.7 Å². The molecule has 8 nitrogen and oxygen atoms in total. The fourth-order valence-corrected chi connectivity index (χ4v) is 3.02. The molecule has 0 saturated carbocycles. The molecule has 1 heterocycles. The SMILES string of the molecule is COc1ccc(F)cc1C(=O)N(CC(C)C)c1c(N)n(CC(C)C)c(=O)[nH]c1=O. The Balaban J connectivity index is 2.71. The highest BCUT2D eigenvalue weighted by atomic mass is 19.1. The van der Waals surface area contributed by atoms with Crippen LogP contribution in [0.15, 0.2) is 27.8 Å². The van der Waals surface area contributed by atoms with Gasteiger partial charge in [0.2, 0.25) is 0 Å². The molecule has 0 saturated heterocycles. The third-order valence-corrected chi connectivity index (χ3v) is 4.22. The van der Waals surface area contributed by atoms with Crippen LogP contribution in [0.25, 0.3) is 0 Å². The molecule has 1 aromatic carbocycles. The average molecular weight is 406 g/mol. The average Bonchev–Trinajstić information content (AvgIpc) is 2.63. The number of carbonyl (C=O) groups is 1. The zero-order valence-electron chi connectivity index (χ0n) is 17.3. The Labute approximate surface area is 168 Å². The van der Waals surface area contributed by atoms with E-state index in [0.29, 0.717) is 0 Å². The topological polar surface area (TPSA) is 110 Å². The van der Waals surface area contributed by atoms with E-state index in [1.54, 1.807) is 0 Å². The summed E-state index contributed by atoms with van der Waals surface area (Å²) >= 11 is 0. The Morgan fingerprint density at radius 3 is 2.45 bits per heavy atom. The van der Waals surface area contributed by atoms with Gasteiger partial charge in [0.05, 0.1) is 12.7 Å². The first-order chi connectivity index (χ1) is 13.6. The van der Waals surface area contributed by atoms with Crippen molar-refractivity contribution in [2.75, 3.05) is 24.3 Å². The maximum atomic E-state index is 13.8. The van der Waals surface area contributed by atoms with Crippen LogP contribution in [0.5, 0.6) is 5.75 Å². The summed E-state index contributed by atoms with van der Waals surface area (Å²) in [5.74, 6) is -1.19. The summed E-state index contributed by atoms with van der Waals surface area (Å²) in [6.07, 6.45) is 0. The van der Waals surface area contributed by atoms with E-state index < -0.39 is 23.0 Å². The Kier molecular flexibility index (Phi) is 6.84. The largest absolute Gasteiger partial charge is 0.496 e. The Hall–Kier alpha value is -3.10. The predicted molar refractivity (Wildman–Crippen MR) is 110 cm³/mol. The number of aromatic amines is 1. The lowest BCUT2D eigenvalue weighted by Crippen LogP contribution is -2.43. The fourth-order valence-electron chi connectivity index (χ4n) is 3.02. The van der Waals surface area contributed by atoms with Crippen LogP contribution in [-0.2, 0) is 6.54 Å². The molecule has 1 aromatic heterocycles. The minimum absolute atomic E-state index is 0.0391. The molecule has 0 aliphatic heterocycles. The molecule has 158 valence electrons. The van der Waals surface area contributed by atoms with E-state index in [9.17, 15) is 18.8 Å². The van der Waals surface area contributed by atoms with Crippen LogP contribution in [0.2, 0.25) is 0 Å². The van der Waals surface area contributed by atoms with E-state index in [2.05, 4.69) is 4.98 Å². The summed E-state index contributed by atoms with van der Waals surface area (Å²) in [7, 11) is 1.36. The summed E-state index contributed by atoms with van der Waals surface area (Å²) in [4.78, 5) is 41.6. The molecule has 9 heteroatoms. The van der Waals surface area contributed by atoms with Crippen molar-refractivity contribution in [3.8, 4) is 5.75 Å². The van der Waals surface area contributed by atoms with Gasteiger partial charge in [-0.25, -0.2) is 9.18 Å². The molecule has 29 heavy (non-hydrogen) atoms. The number of nitrogens with two attached hydrogens (primary N) is 1. The van der Waals surface area contributed by atoms with Gasteiger partial charge >= 0.3 is 5.69 Å². The fraction of sp³-hybridized carbons (Fsp3) is 0.450. The molecule has 0 bridgehead atoms. The lowest BCUT2D eigenvalue weighted by atomic mass is 10.1. The minimum atomic E-state index is -0.781. The monoisotopic (exact) mass is 406 g/mol. The molecule has 3 N–H and O–H groups in total. The van der Waals surface area contributed by atoms with Gasteiger partial charge < -0.3 is 15.4 Å². The number of benzene rings is 1. The van der Waals surface area contributed by atoms with E-state index in [-0.39, 0.29) is 47.7 Å². The number of aromatic nitrogens is 2. The number of rotatable bonds is 7. The molecule has 0 spiro atoms.